The number of nitrogens with one attached hydrogen (secondary N) is 6. The van der Waals surface area contributed by atoms with Crippen LogP contribution in [0.1, 0.15) is 38.3 Å². The van der Waals surface area contributed by atoms with E-state index < -0.39 is 90.2 Å². The average molecular weight is 709 g/mol. The van der Waals surface area contributed by atoms with Crippen LogP contribution in [0.25, 0.3) is 10.9 Å². The highest BCUT2D eigenvalue weighted by Crippen LogP contribution is 2.19. The Morgan fingerprint density at radius 1 is 0.706 bits per heavy atom. The summed E-state index contributed by atoms with van der Waals surface area (Å²) in [7, 11) is 0. The van der Waals surface area contributed by atoms with Crippen molar-refractivity contribution in [2.75, 3.05) is 0 Å². The predicted molar refractivity (Wildman–Crippen MR) is 184 cm³/mol. The summed E-state index contributed by atoms with van der Waals surface area (Å²) >= 11 is 0. The van der Waals surface area contributed by atoms with Crippen LogP contribution in [0.2, 0.25) is 0 Å². The van der Waals surface area contributed by atoms with E-state index in [9.17, 15) is 43.8 Å². The van der Waals surface area contributed by atoms with E-state index in [2.05, 4.69) is 31.6 Å². The number of aliphatic hydroxyl groups is 1. The minimum absolute atomic E-state index is 0.000511. The first-order valence-corrected chi connectivity index (χ1v) is 16.1. The van der Waals surface area contributed by atoms with Crippen LogP contribution in [0.4, 0.5) is 0 Å². The Kier molecular flexibility index (Phi) is 14.2. The molecule has 0 unspecified atom stereocenters. The van der Waals surface area contributed by atoms with Crippen molar-refractivity contribution in [2.24, 2.45) is 11.5 Å². The van der Waals surface area contributed by atoms with E-state index in [1.54, 1.807) is 36.5 Å². The van der Waals surface area contributed by atoms with Crippen LogP contribution in [0.3, 0.4) is 0 Å². The number of H-pyrrole nitrogens is 1. The van der Waals surface area contributed by atoms with Crippen molar-refractivity contribution in [3.05, 3.63) is 71.9 Å². The molecule has 0 bridgehead atoms. The molecule has 3 rings (SSSR count). The average Bonchev–Trinajstić information content (AvgIpc) is 3.48. The lowest BCUT2D eigenvalue weighted by molar-refractivity contribution is -0.142. The fourth-order valence-electron chi connectivity index (χ4n) is 5.10. The maximum Gasteiger partial charge on any atom is 0.326 e. The van der Waals surface area contributed by atoms with Gasteiger partial charge in [0.1, 0.15) is 30.2 Å². The molecular weight excluding hydrogens is 664 g/mol. The van der Waals surface area contributed by atoms with Gasteiger partial charge in [0.05, 0.1) is 18.6 Å². The summed E-state index contributed by atoms with van der Waals surface area (Å²) in [4.78, 5) is 91.2. The molecule has 0 saturated carbocycles. The van der Waals surface area contributed by atoms with Gasteiger partial charge in [-0.1, -0.05) is 48.5 Å². The van der Waals surface area contributed by atoms with E-state index in [4.69, 9.17) is 11.5 Å². The summed E-state index contributed by atoms with van der Waals surface area (Å²) in [5, 5.41) is 32.9. The second-order valence-electron chi connectivity index (χ2n) is 12.2. The maximum absolute atomic E-state index is 13.5. The van der Waals surface area contributed by atoms with Gasteiger partial charge in [0.15, 0.2) is 0 Å². The minimum Gasteiger partial charge on any atom is -0.480 e. The first-order chi connectivity index (χ1) is 24.1. The topological polar surface area (TPSA) is 288 Å². The lowest BCUT2D eigenvalue weighted by Crippen LogP contribution is -2.60. The van der Waals surface area contributed by atoms with Crippen LogP contribution in [-0.4, -0.2) is 99.0 Å². The fourth-order valence-corrected chi connectivity index (χ4v) is 5.10. The van der Waals surface area contributed by atoms with Crippen molar-refractivity contribution in [2.45, 2.75) is 82.4 Å². The number of aromatic nitrogens is 1. The van der Waals surface area contributed by atoms with Crippen molar-refractivity contribution in [3.8, 4) is 0 Å². The molecule has 12 N–H and O–H groups in total. The molecular formula is C34H44N8O9. The van der Waals surface area contributed by atoms with Gasteiger partial charge < -0.3 is 53.2 Å². The molecule has 17 nitrogen and oxygen atoms in total. The Hall–Kier alpha value is -5.81. The number of hydrogen-bond acceptors (Lipinski definition) is 9. The van der Waals surface area contributed by atoms with Gasteiger partial charge >= 0.3 is 5.97 Å². The summed E-state index contributed by atoms with van der Waals surface area (Å²) in [5.74, 6) is -6.37. The van der Waals surface area contributed by atoms with Crippen molar-refractivity contribution in [1.29, 1.82) is 0 Å². The Bertz CT molecular complexity index is 1730. The molecule has 3 aromatic rings. The molecule has 0 saturated heterocycles. The van der Waals surface area contributed by atoms with Gasteiger partial charge in [-0.2, -0.15) is 0 Å². The number of primary amides is 1. The zero-order valence-electron chi connectivity index (χ0n) is 28.3. The molecule has 1 heterocycles. The number of carboxylic acids is 1. The highest BCUT2D eigenvalue weighted by molar-refractivity contribution is 5.97. The van der Waals surface area contributed by atoms with E-state index in [0.29, 0.717) is 11.1 Å². The van der Waals surface area contributed by atoms with Gasteiger partial charge in [0.25, 0.3) is 0 Å². The Morgan fingerprint density at radius 3 is 1.88 bits per heavy atom. The highest BCUT2D eigenvalue weighted by atomic mass is 16.4. The predicted octanol–water partition coefficient (Wildman–Crippen LogP) is -1.91. The minimum atomic E-state index is -1.55. The number of fused-ring (bicyclic) bond motifs is 1. The molecule has 274 valence electrons. The number of aliphatic carboxylic acids is 1. The number of carbonyl (C=O) groups is 7. The lowest BCUT2D eigenvalue weighted by Gasteiger charge is -2.25. The molecule has 0 aliphatic heterocycles. The Morgan fingerprint density at radius 2 is 1.27 bits per heavy atom. The molecule has 7 atom stereocenters. The number of aliphatic hydroxyl groups excluding tert-OH is 1. The number of aromatic amines is 1. The number of amides is 6. The number of rotatable bonds is 18. The third-order valence-electron chi connectivity index (χ3n) is 7.95. The first-order valence-electron chi connectivity index (χ1n) is 16.1. The van der Waals surface area contributed by atoms with Gasteiger partial charge in [0, 0.05) is 29.9 Å². The largest absolute Gasteiger partial charge is 0.480 e. The van der Waals surface area contributed by atoms with Crippen LogP contribution < -0.4 is 38.1 Å². The summed E-state index contributed by atoms with van der Waals surface area (Å²) in [6, 6.07) is 8.04. The molecule has 51 heavy (non-hydrogen) atoms. The van der Waals surface area contributed by atoms with E-state index in [1.165, 1.54) is 20.8 Å². The Labute approximate surface area is 293 Å². The van der Waals surface area contributed by atoms with Crippen LogP contribution >= 0.6 is 0 Å². The number of nitrogens with two attached hydrogens (primary N) is 2. The molecule has 0 aliphatic carbocycles. The maximum atomic E-state index is 13.5. The summed E-state index contributed by atoms with van der Waals surface area (Å²) in [6.07, 6.45) is -0.289. The zero-order valence-corrected chi connectivity index (χ0v) is 28.3. The normalized spacial score (nSPS) is 15.2. The molecule has 6 amide bonds. The third kappa shape index (κ3) is 11.6. The van der Waals surface area contributed by atoms with Crippen molar-refractivity contribution >= 4 is 52.3 Å². The number of carbonyl (C=O) groups excluding carboxylic acids is 6. The standard InChI is InChI=1S/C34H44N8O9/c1-17(39-33(49)28(19(3)43)42-31(47)23(35)15-27(36)44)29(45)38-18(2)30(46)40-25(13-20-9-5-4-6-10-20)32(48)41-26(34(50)51)14-21-16-37-24-12-8-7-11-22(21)24/h4-12,16-19,23,25-26,28,37,43H,13-15,35H2,1-3H3,(H2,36,44)(H,38,45)(H,39,49)(H,40,46)(H,41,48)(H,42,47)(H,50,51)/t17-,18-,19+,23-,25-,26-,28-/m0/s1. The van der Waals surface area contributed by atoms with Gasteiger partial charge in [-0.15, -0.1) is 0 Å². The molecule has 0 fully saturated rings. The number of carboxylic acid groups (broad SMARTS) is 1. The van der Waals surface area contributed by atoms with Crippen LogP contribution in [0.15, 0.2) is 60.8 Å². The highest BCUT2D eigenvalue weighted by Gasteiger charge is 2.32. The van der Waals surface area contributed by atoms with Gasteiger partial charge in [-0.25, -0.2) is 4.79 Å². The molecule has 0 spiro atoms. The SMILES string of the molecule is C[C@H](NC(=O)[C@H](C)NC(=O)[C@@H](NC(=O)[C@@H](N)CC(N)=O)[C@@H](C)O)C(=O)N[C@@H](Cc1ccccc1)C(=O)N[C@@H](Cc1c[nH]c2ccccc12)C(=O)O. The zero-order chi connectivity index (χ0) is 37.8. The summed E-state index contributed by atoms with van der Waals surface area (Å²) < 4.78 is 0. The summed E-state index contributed by atoms with van der Waals surface area (Å²) in [5.41, 5.74) is 12.8. The van der Waals surface area contributed by atoms with Crippen molar-refractivity contribution in [1.82, 2.24) is 31.6 Å². The van der Waals surface area contributed by atoms with Crippen LogP contribution in [-0.2, 0) is 46.4 Å². The number of para-hydroxylation sites is 1. The monoisotopic (exact) mass is 708 g/mol. The molecule has 2 aromatic carbocycles. The fraction of sp³-hybridized carbons (Fsp3) is 0.382. The van der Waals surface area contributed by atoms with Crippen LogP contribution in [0, 0.1) is 0 Å². The molecule has 0 radical (unpaired) electrons. The Balaban J connectivity index is 1.66. The first kappa shape index (κ1) is 39.6. The van der Waals surface area contributed by atoms with E-state index in [1.807, 2.05) is 24.3 Å². The van der Waals surface area contributed by atoms with E-state index >= 15 is 0 Å². The number of hydrogen-bond donors (Lipinski definition) is 10. The van der Waals surface area contributed by atoms with Gasteiger partial charge in [0.2, 0.25) is 35.4 Å². The second-order valence-corrected chi connectivity index (χ2v) is 12.2. The second kappa shape index (κ2) is 18.3. The molecule has 0 aliphatic rings. The van der Waals surface area contributed by atoms with Crippen molar-refractivity contribution in [3.63, 3.8) is 0 Å². The van der Waals surface area contributed by atoms with Crippen LogP contribution in [0.5, 0.6) is 0 Å². The quantitative estimate of drug-likeness (QED) is 0.0699. The molecule has 17 heteroatoms. The smallest absolute Gasteiger partial charge is 0.326 e. The summed E-state index contributed by atoms with van der Waals surface area (Å²) in [6.45, 7) is 3.85. The van der Waals surface area contributed by atoms with Crippen molar-refractivity contribution < 1.29 is 43.8 Å². The van der Waals surface area contributed by atoms with Gasteiger partial charge in [-0.05, 0) is 38.0 Å². The van der Waals surface area contributed by atoms with Gasteiger partial charge in [-0.3, -0.25) is 28.8 Å². The lowest BCUT2D eigenvalue weighted by atomic mass is 10.0. The third-order valence-corrected chi connectivity index (χ3v) is 7.95. The van der Waals surface area contributed by atoms with E-state index in [0.717, 1.165) is 10.9 Å². The number of benzene rings is 2. The van der Waals surface area contributed by atoms with E-state index in [-0.39, 0.29) is 12.8 Å². The molecule has 1 aromatic heterocycles.